The van der Waals surface area contributed by atoms with E-state index in [4.69, 9.17) is 30.9 Å². The van der Waals surface area contributed by atoms with Gasteiger partial charge in [0.15, 0.2) is 5.76 Å². The van der Waals surface area contributed by atoms with E-state index in [1.165, 1.54) is 19.1 Å². The molecular formula is C35H32ClN3O8. The Morgan fingerprint density at radius 1 is 1.02 bits per heavy atom. The summed E-state index contributed by atoms with van der Waals surface area (Å²) < 4.78 is 18.8. The number of imide groups is 1. The summed E-state index contributed by atoms with van der Waals surface area (Å²) in [5.41, 5.74) is 3.50. The lowest BCUT2D eigenvalue weighted by molar-refractivity contribution is -0.148. The highest BCUT2D eigenvalue weighted by Gasteiger charge is 2.37. The molecule has 2 aliphatic rings. The van der Waals surface area contributed by atoms with Gasteiger partial charge >= 0.3 is 0 Å². The van der Waals surface area contributed by atoms with Gasteiger partial charge in [0.25, 0.3) is 17.7 Å². The topological polar surface area (TPSA) is 136 Å². The van der Waals surface area contributed by atoms with Gasteiger partial charge in [0.1, 0.15) is 0 Å². The summed E-state index contributed by atoms with van der Waals surface area (Å²) >= 11 is 6.06. The molecule has 0 bridgehead atoms. The molecule has 3 amide bonds. The lowest BCUT2D eigenvalue weighted by Gasteiger charge is -2.29. The SMILES string of the molecule is CC(=O)n1cc([C@@H]2C=C(C(=O)Nc3ccc(N4C(=O)c5ccc(Cl)cc5C4=O)c(C)c3)O[C@H](OCCOCCO)C2)c2ccccc21. The van der Waals surface area contributed by atoms with Gasteiger partial charge in [-0.1, -0.05) is 29.8 Å². The normalized spacial score (nSPS) is 17.4. The second kappa shape index (κ2) is 13.5. The number of carbonyl (C=O) groups excluding carboxylic acids is 4. The monoisotopic (exact) mass is 657 g/mol. The van der Waals surface area contributed by atoms with Gasteiger partial charge in [0.2, 0.25) is 12.2 Å². The number of aromatic nitrogens is 1. The molecule has 6 rings (SSSR count). The van der Waals surface area contributed by atoms with Gasteiger partial charge in [0, 0.05) is 41.6 Å². The molecule has 0 aliphatic carbocycles. The van der Waals surface area contributed by atoms with E-state index in [0.29, 0.717) is 28.4 Å². The van der Waals surface area contributed by atoms with Gasteiger partial charge in [0.05, 0.1) is 48.8 Å². The van der Waals surface area contributed by atoms with Crippen molar-refractivity contribution >= 4 is 57.5 Å². The quantitative estimate of drug-likeness (QED) is 0.170. The summed E-state index contributed by atoms with van der Waals surface area (Å²) in [6.45, 7) is 3.70. The van der Waals surface area contributed by atoms with Crippen molar-refractivity contribution in [3.8, 4) is 0 Å². The molecule has 47 heavy (non-hydrogen) atoms. The highest BCUT2D eigenvalue weighted by atomic mass is 35.5. The van der Waals surface area contributed by atoms with Gasteiger partial charge in [-0.2, -0.15) is 0 Å². The zero-order valence-electron chi connectivity index (χ0n) is 25.7. The van der Waals surface area contributed by atoms with E-state index in [1.807, 2.05) is 24.3 Å². The average Bonchev–Trinajstić information content (AvgIpc) is 3.56. The highest BCUT2D eigenvalue weighted by Crippen LogP contribution is 2.37. The molecule has 0 saturated carbocycles. The first kappa shape index (κ1) is 32.1. The molecule has 11 nitrogen and oxygen atoms in total. The Bertz CT molecular complexity index is 1930. The summed E-state index contributed by atoms with van der Waals surface area (Å²) in [7, 11) is 0. The minimum Gasteiger partial charge on any atom is -0.459 e. The van der Waals surface area contributed by atoms with E-state index >= 15 is 0 Å². The van der Waals surface area contributed by atoms with Crippen LogP contribution in [0.15, 0.2) is 78.7 Å². The number of aryl methyl sites for hydroxylation is 1. The summed E-state index contributed by atoms with van der Waals surface area (Å²) in [6, 6.07) is 17.0. The molecule has 0 saturated heterocycles. The van der Waals surface area contributed by atoms with Crippen molar-refractivity contribution in [3.05, 3.63) is 106 Å². The number of hydrogen-bond acceptors (Lipinski definition) is 8. The van der Waals surface area contributed by atoms with E-state index in [2.05, 4.69) is 5.32 Å². The van der Waals surface area contributed by atoms with Crippen molar-refractivity contribution in [2.24, 2.45) is 0 Å². The summed E-state index contributed by atoms with van der Waals surface area (Å²) in [5, 5.41) is 13.0. The third kappa shape index (κ3) is 6.43. The largest absolute Gasteiger partial charge is 0.459 e. The molecule has 3 aromatic carbocycles. The summed E-state index contributed by atoms with van der Waals surface area (Å²) in [4.78, 5) is 53.3. The Balaban J connectivity index is 1.25. The molecular weight excluding hydrogens is 626 g/mol. The number of aliphatic hydroxyl groups is 1. The maximum absolute atomic E-state index is 13.6. The molecule has 4 aromatic rings. The average molecular weight is 658 g/mol. The van der Waals surface area contributed by atoms with Crippen LogP contribution in [0.25, 0.3) is 10.9 Å². The van der Waals surface area contributed by atoms with Crippen LogP contribution < -0.4 is 10.2 Å². The third-order valence-corrected chi connectivity index (χ3v) is 8.31. The Labute approximate surface area is 275 Å². The number of benzene rings is 3. The zero-order valence-corrected chi connectivity index (χ0v) is 26.5. The van der Waals surface area contributed by atoms with Crippen LogP contribution in [0.5, 0.6) is 0 Å². The Kier molecular flexibility index (Phi) is 9.24. The minimum absolute atomic E-state index is 0.0288. The maximum atomic E-state index is 13.6. The number of anilines is 2. The van der Waals surface area contributed by atoms with Crippen molar-refractivity contribution in [2.45, 2.75) is 32.5 Å². The first-order valence-corrected chi connectivity index (χ1v) is 15.4. The third-order valence-electron chi connectivity index (χ3n) is 8.07. The van der Waals surface area contributed by atoms with Crippen molar-refractivity contribution in [2.75, 3.05) is 36.6 Å². The Hall–Kier alpha value is -4.81. The summed E-state index contributed by atoms with van der Waals surface area (Å²) in [5.74, 6) is -1.90. The number of allylic oxidation sites excluding steroid dienone is 1. The minimum atomic E-state index is -0.797. The van der Waals surface area contributed by atoms with Crippen LogP contribution in [-0.4, -0.2) is 66.0 Å². The molecule has 12 heteroatoms. The molecule has 0 spiro atoms. The van der Waals surface area contributed by atoms with Crippen molar-refractivity contribution < 1.29 is 38.5 Å². The van der Waals surface area contributed by atoms with Crippen LogP contribution in [0.3, 0.4) is 0 Å². The lowest BCUT2D eigenvalue weighted by atomic mass is 9.92. The number of nitrogens with one attached hydrogen (secondary N) is 1. The number of rotatable bonds is 10. The van der Waals surface area contributed by atoms with Gasteiger partial charge in [-0.25, -0.2) is 4.90 Å². The van der Waals surface area contributed by atoms with E-state index in [1.54, 1.807) is 48.0 Å². The van der Waals surface area contributed by atoms with E-state index < -0.39 is 24.0 Å². The standard InChI is InChI=1S/C35H32ClN3O8/c1-20-15-24(8-10-29(20)39-34(43)26-9-7-23(36)18-27(26)35(39)44)37-33(42)31-16-22(17-32(47-31)46-14-13-45-12-11-40)28-19-38(21(2)41)30-6-4-3-5-25(28)30/h3-10,15-16,18-19,22,32,40H,11-14,17H2,1-2H3,(H,37,42)/t22-,32+/m1/s1. The molecule has 0 fully saturated rings. The molecule has 2 aliphatic heterocycles. The second-order valence-electron chi connectivity index (χ2n) is 11.2. The van der Waals surface area contributed by atoms with Crippen LogP contribution in [-0.2, 0) is 19.0 Å². The smallest absolute Gasteiger partial charge is 0.290 e. The van der Waals surface area contributed by atoms with Crippen LogP contribution in [0.2, 0.25) is 5.02 Å². The van der Waals surface area contributed by atoms with E-state index in [9.17, 15) is 19.2 Å². The van der Waals surface area contributed by atoms with Crippen LogP contribution in [0.4, 0.5) is 11.4 Å². The molecule has 2 atom stereocenters. The van der Waals surface area contributed by atoms with Crippen molar-refractivity contribution in [1.29, 1.82) is 0 Å². The molecule has 2 N–H and O–H groups in total. The number of fused-ring (bicyclic) bond motifs is 2. The number of halogens is 1. The number of hydrogen-bond donors (Lipinski definition) is 2. The first-order chi connectivity index (χ1) is 22.7. The molecule has 1 aromatic heterocycles. The predicted octanol–water partition coefficient (Wildman–Crippen LogP) is 5.44. The van der Waals surface area contributed by atoms with Gasteiger partial charge in [-0.05, 0) is 66.6 Å². The lowest BCUT2D eigenvalue weighted by Crippen LogP contribution is -2.31. The molecule has 0 unspecified atom stereocenters. The molecule has 3 heterocycles. The van der Waals surface area contributed by atoms with Crippen LogP contribution >= 0.6 is 11.6 Å². The fourth-order valence-corrected chi connectivity index (χ4v) is 6.08. The first-order valence-electron chi connectivity index (χ1n) is 15.1. The van der Waals surface area contributed by atoms with Gasteiger partial charge in [-0.3, -0.25) is 23.7 Å². The number of amides is 3. The van der Waals surface area contributed by atoms with Crippen molar-refractivity contribution in [3.63, 3.8) is 0 Å². The number of carbonyl (C=O) groups is 4. The van der Waals surface area contributed by atoms with E-state index in [-0.39, 0.29) is 55.1 Å². The number of nitrogens with zero attached hydrogens (tertiary/aromatic N) is 2. The fourth-order valence-electron chi connectivity index (χ4n) is 5.91. The van der Waals surface area contributed by atoms with Crippen molar-refractivity contribution in [1.82, 2.24) is 4.57 Å². The molecule has 0 radical (unpaired) electrons. The van der Waals surface area contributed by atoms with Gasteiger partial charge < -0.3 is 24.6 Å². The summed E-state index contributed by atoms with van der Waals surface area (Å²) in [6.07, 6.45) is 3.08. The number of aliphatic hydroxyl groups excluding tert-OH is 1. The Morgan fingerprint density at radius 3 is 2.57 bits per heavy atom. The molecule has 242 valence electrons. The maximum Gasteiger partial charge on any atom is 0.290 e. The second-order valence-corrected chi connectivity index (χ2v) is 11.6. The fraction of sp³-hybridized carbons (Fsp3) is 0.257. The highest BCUT2D eigenvalue weighted by molar-refractivity contribution is 6.37. The zero-order chi connectivity index (χ0) is 33.2. The number of para-hydroxylation sites is 1. The van der Waals surface area contributed by atoms with Gasteiger partial charge in [-0.15, -0.1) is 0 Å². The van der Waals surface area contributed by atoms with Crippen LogP contribution in [0, 0.1) is 6.92 Å². The Morgan fingerprint density at radius 2 is 1.81 bits per heavy atom. The predicted molar refractivity (Wildman–Crippen MR) is 175 cm³/mol. The number of ether oxygens (including phenoxy) is 3. The van der Waals surface area contributed by atoms with E-state index in [0.717, 1.165) is 21.4 Å². The van der Waals surface area contributed by atoms with Crippen LogP contribution in [0.1, 0.15) is 55.9 Å².